The molecule has 0 unspecified atom stereocenters. The van der Waals surface area contributed by atoms with Crippen LogP contribution < -0.4 is 4.74 Å². The highest BCUT2D eigenvalue weighted by Crippen LogP contribution is 2.24. The van der Waals surface area contributed by atoms with Gasteiger partial charge in [-0.1, -0.05) is 18.2 Å². The highest BCUT2D eigenvalue weighted by atomic mass is 16.5. The van der Waals surface area contributed by atoms with E-state index in [-0.39, 0.29) is 0 Å². The summed E-state index contributed by atoms with van der Waals surface area (Å²) in [5.74, 6) is 0.801. The van der Waals surface area contributed by atoms with E-state index in [1.165, 1.54) is 0 Å². The molecule has 0 amide bonds. The van der Waals surface area contributed by atoms with E-state index < -0.39 is 0 Å². The van der Waals surface area contributed by atoms with Crippen LogP contribution in [-0.4, -0.2) is 16.6 Å². The molecule has 2 aromatic heterocycles. The third-order valence-electron chi connectivity index (χ3n) is 2.71. The van der Waals surface area contributed by atoms with E-state index in [2.05, 4.69) is 22.1 Å². The molecule has 3 heteroatoms. The predicted octanol–water partition coefficient (Wildman–Crippen LogP) is 3.18. The zero-order chi connectivity index (χ0) is 11.7. The van der Waals surface area contributed by atoms with Crippen molar-refractivity contribution in [3.05, 3.63) is 42.7 Å². The van der Waals surface area contributed by atoms with Gasteiger partial charge in [0, 0.05) is 17.0 Å². The van der Waals surface area contributed by atoms with Crippen molar-refractivity contribution in [1.29, 1.82) is 0 Å². The van der Waals surface area contributed by atoms with E-state index in [4.69, 9.17) is 4.74 Å². The van der Waals surface area contributed by atoms with Gasteiger partial charge in [0.1, 0.15) is 5.75 Å². The van der Waals surface area contributed by atoms with Crippen molar-refractivity contribution in [2.75, 3.05) is 6.61 Å². The highest BCUT2D eigenvalue weighted by molar-refractivity contribution is 6.02. The first-order chi connectivity index (χ1) is 8.38. The van der Waals surface area contributed by atoms with Crippen molar-refractivity contribution < 1.29 is 4.74 Å². The molecule has 0 atom stereocenters. The molecule has 84 valence electrons. The standard InChI is InChI=1S/C14H12N2O/c1-2-17-12-8-11-6-5-10-4-3-7-15-13(10)14(11)16-9-12/h3-9H,2H2,1H3. The van der Waals surface area contributed by atoms with Gasteiger partial charge in [-0.25, -0.2) is 0 Å². The number of benzene rings is 1. The smallest absolute Gasteiger partial charge is 0.138 e. The van der Waals surface area contributed by atoms with E-state index in [0.29, 0.717) is 6.61 Å². The summed E-state index contributed by atoms with van der Waals surface area (Å²) in [5.41, 5.74) is 1.86. The monoisotopic (exact) mass is 224 g/mol. The van der Waals surface area contributed by atoms with Crippen LogP contribution in [0.1, 0.15) is 6.92 Å². The van der Waals surface area contributed by atoms with Gasteiger partial charge in [0.25, 0.3) is 0 Å². The van der Waals surface area contributed by atoms with E-state index in [0.717, 1.165) is 27.6 Å². The number of hydrogen-bond acceptors (Lipinski definition) is 3. The van der Waals surface area contributed by atoms with E-state index >= 15 is 0 Å². The maximum absolute atomic E-state index is 5.44. The second kappa shape index (κ2) is 4.01. The molecule has 0 N–H and O–H groups in total. The lowest BCUT2D eigenvalue weighted by Gasteiger charge is -2.05. The molecule has 0 aliphatic heterocycles. The second-order valence-electron chi connectivity index (χ2n) is 3.82. The molecule has 0 bridgehead atoms. The SMILES string of the molecule is CCOc1cnc2c(ccc3cccnc32)c1. The van der Waals surface area contributed by atoms with Crippen LogP contribution >= 0.6 is 0 Å². The van der Waals surface area contributed by atoms with E-state index in [1.807, 2.05) is 25.1 Å². The summed E-state index contributed by atoms with van der Waals surface area (Å²) in [7, 11) is 0. The molecule has 0 saturated heterocycles. The molecular formula is C14H12N2O. The topological polar surface area (TPSA) is 35.0 Å². The van der Waals surface area contributed by atoms with Crippen LogP contribution in [0.2, 0.25) is 0 Å². The number of fused-ring (bicyclic) bond motifs is 3. The lowest BCUT2D eigenvalue weighted by molar-refractivity contribution is 0.339. The minimum absolute atomic E-state index is 0.652. The molecule has 0 fully saturated rings. The molecule has 3 rings (SSSR count). The van der Waals surface area contributed by atoms with Gasteiger partial charge in [0.15, 0.2) is 0 Å². The van der Waals surface area contributed by atoms with Gasteiger partial charge in [-0.15, -0.1) is 0 Å². The van der Waals surface area contributed by atoms with Gasteiger partial charge in [-0.05, 0) is 19.1 Å². The Hall–Kier alpha value is -2.16. The molecule has 0 spiro atoms. The van der Waals surface area contributed by atoms with E-state index in [1.54, 1.807) is 12.4 Å². The normalized spacial score (nSPS) is 10.9. The third-order valence-corrected chi connectivity index (χ3v) is 2.71. The summed E-state index contributed by atoms with van der Waals surface area (Å²) >= 11 is 0. The Labute approximate surface area is 99.1 Å². The quantitative estimate of drug-likeness (QED) is 0.627. The molecule has 3 nitrogen and oxygen atoms in total. The fourth-order valence-electron chi connectivity index (χ4n) is 1.96. The second-order valence-corrected chi connectivity index (χ2v) is 3.82. The summed E-state index contributed by atoms with van der Waals surface area (Å²) < 4.78 is 5.44. The number of ether oxygens (including phenoxy) is 1. The van der Waals surface area contributed by atoms with E-state index in [9.17, 15) is 0 Å². The number of aromatic nitrogens is 2. The van der Waals surface area contributed by atoms with Gasteiger partial charge in [-0.2, -0.15) is 0 Å². The summed E-state index contributed by atoms with van der Waals surface area (Å²) in [6, 6.07) is 10.1. The van der Waals surface area contributed by atoms with Crippen LogP contribution in [0, 0.1) is 0 Å². The van der Waals surface area contributed by atoms with Crippen LogP contribution in [-0.2, 0) is 0 Å². The first-order valence-electron chi connectivity index (χ1n) is 5.65. The number of pyridine rings is 2. The Kier molecular flexibility index (Phi) is 2.37. The Morgan fingerprint density at radius 1 is 1.06 bits per heavy atom. The fourth-order valence-corrected chi connectivity index (χ4v) is 1.96. The lowest BCUT2D eigenvalue weighted by Crippen LogP contribution is -1.92. The van der Waals surface area contributed by atoms with Crippen molar-refractivity contribution in [1.82, 2.24) is 9.97 Å². The Balaban J connectivity index is 2.29. The van der Waals surface area contributed by atoms with Crippen molar-refractivity contribution in [2.45, 2.75) is 6.92 Å². The largest absolute Gasteiger partial charge is 0.492 e. The van der Waals surface area contributed by atoms with Gasteiger partial charge < -0.3 is 4.74 Å². The summed E-state index contributed by atoms with van der Waals surface area (Å²) in [6.07, 6.45) is 3.54. The molecular weight excluding hydrogens is 212 g/mol. The minimum atomic E-state index is 0.652. The maximum Gasteiger partial charge on any atom is 0.138 e. The molecule has 2 heterocycles. The summed E-state index contributed by atoms with van der Waals surface area (Å²) in [4.78, 5) is 8.82. The first-order valence-corrected chi connectivity index (χ1v) is 5.65. The Bertz CT molecular complexity index is 679. The number of nitrogens with zero attached hydrogens (tertiary/aromatic N) is 2. The van der Waals surface area contributed by atoms with Gasteiger partial charge in [-0.3, -0.25) is 9.97 Å². The van der Waals surface area contributed by atoms with Gasteiger partial charge >= 0.3 is 0 Å². The fraction of sp³-hybridized carbons (Fsp3) is 0.143. The molecule has 0 radical (unpaired) electrons. The predicted molar refractivity (Wildman–Crippen MR) is 68.2 cm³/mol. The zero-order valence-electron chi connectivity index (χ0n) is 9.55. The van der Waals surface area contributed by atoms with Crippen molar-refractivity contribution in [3.63, 3.8) is 0 Å². The molecule has 17 heavy (non-hydrogen) atoms. The van der Waals surface area contributed by atoms with Gasteiger partial charge in [0.2, 0.25) is 0 Å². The van der Waals surface area contributed by atoms with Crippen LogP contribution in [0.5, 0.6) is 5.75 Å². The number of hydrogen-bond donors (Lipinski definition) is 0. The first kappa shape index (κ1) is 10.0. The van der Waals surface area contributed by atoms with Crippen molar-refractivity contribution >= 4 is 21.8 Å². The minimum Gasteiger partial charge on any atom is -0.492 e. The van der Waals surface area contributed by atoms with Crippen LogP contribution in [0.25, 0.3) is 21.8 Å². The highest BCUT2D eigenvalue weighted by Gasteiger charge is 2.03. The number of rotatable bonds is 2. The van der Waals surface area contributed by atoms with Crippen LogP contribution in [0.3, 0.4) is 0 Å². The zero-order valence-corrected chi connectivity index (χ0v) is 9.55. The molecule has 0 aliphatic carbocycles. The van der Waals surface area contributed by atoms with Crippen LogP contribution in [0.4, 0.5) is 0 Å². The lowest BCUT2D eigenvalue weighted by atomic mass is 10.1. The maximum atomic E-state index is 5.44. The Morgan fingerprint density at radius 3 is 2.76 bits per heavy atom. The average molecular weight is 224 g/mol. The van der Waals surface area contributed by atoms with Gasteiger partial charge in [0.05, 0.1) is 23.8 Å². The van der Waals surface area contributed by atoms with Crippen LogP contribution in [0.15, 0.2) is 42.7 Å². The third kappa shape index (κ3) is 1.69. The summed E-state index contributed by atoms with van der Waals surface area (Å²) in [6.45, 7) is 2.62. The molecule has 0 saturated carbocycles. The summed E-state index contributed by atoms with van der Waals surface area (Å²) in [5, 5.41) is 2.17. The Morgan fingerprint density at radius 2 is 1.88 bits per heavy atom. The molecule has 3 aromatic rings. The van der Waals surface area contributed by atoms with Crippen molar-refractivity contribution in [2.24, 2.45) is 0 Å². The van der Waals surface area contributed by atoms with Crippen molar-refractivity contribution in [3.8, 4) is 5.75 Å². The average Bonchev–Trinajstić information content (AvgIpc) is 2.39. The molecule has 0 aliphatic rings. The molecule has 1 aromatic carbocycles.